The van der Waals surface area contributed by atoms with E-state index in [4.69, 9.17) is 4.74 Å². The number of amides is 1. The Kier molecular flexibility index (Phi) is 4.27. The third-order valence-electron chi connectivity index (χ3n) is 4.56. The molecule has 0 aromatic heterocycles. The van der Waals surface area contributed by atoms with Gasteiger partial charge in [0.1, 0.15) is 0 Å². The summed E-state index contributed by atoms with van der Waals surface area (Å²) in [6.45, 7) is 6.80. The Morgan fingerprint density at radius 2 is 2.05 bits per heavy atom. The van der Waals surface area contributed by atoms with Crippen LogP contribution in [0.4, 0.5) is 0 Å². The predicted octanol–water partition coefficient (Wildman–Crippen LogP) is 1.90. The first-order chi connectivity index (χ1) is 10.2. The van der Waals surface area contributed by atoms with Crippen molar-refractivity contribution in [3.63, 3.8) is 0 Å². The summed E-state index contributed by atoms with van der Waals surface area (Å²) < 4.78 is 6.12. The van der Waals surface area contributed by atoms with E-state index in [0.717, 1.165) is 45.6 Å². The van der Waals surface area contributed by atoms with Gasteiger partial charge in [-0.3, -0.25) is 9.69 Å². The molecule has 1 amide bonds. The van der Waals surface area contributed by atoms with Crippen LogP contribution in [0.5, 0.6) is 0 Å². The van der Waals surface area contributed by atoms with Crippen molar-refractivity contribution in [1.82, 2.24) is 9.80 Å². The molecule has 0 bridgehead atoms. The maximum absolute atomic E-state index is 11.7. The number of piperidine rings is 1. The summed E-state index contributed by atoms with van der Waals surface area (Å²) in [4.78, 5) is 16.1. The van der Waals surface area contributed by atoms with Crippen molar-refractivity contribution < 1.29 is 9.53 Å². The number of likely N-dealkylation sites (tertiary alicyclic amines) is 1. The number of carbonyl (C=O) groups excluding carboxylic acids is 1. The summed E-state index contributed by atoms with van der Waals surface area (Å²) in [7, 11) is 0. The highest BCUT2D eigenvalue weighted by Gasteiger charge is 2.41. The SMILES string of the molecule is CC(=O)N1CCOC2(CCCN(Cc3ccccc3)C2)C1. The molecule has 21 heavy (non-hydrogen) atoms. The third-order valence-corrected chi connectivity index (χ3v) is 4.56. The minimum Gasteiger partial charge on any atom is -0.370 e. The van der Waals surface area contributed by atoms with Crippen molar-refractivity contribution in [2.75, 3.05) is 32.8 Å². The predicted molar refractivity (Wildman–Crippen MR) is 81.9 cm³/mol. The molecule has 1 spiro atoms. The summed E-state index contributed by atoms with van der Waals surface area (Å²) >= 11 is 0. The molecule has 2 fully saturated rings. The van der Waals surface area contributed by atoms with Crippen LogP contribution in [0.3, 0.4) is 0 Å². The molecule has 4 heteroatoms. The van der Waals surface area contributed by atoms with Gasteiger partial charge in [0.15, 0.2) is 0 Å². The zero-order valence-electron chi connectivity index (χ0n) is 12.8. The first-order valence-corrected chi connectivity index (χ1v) is 7.83. The van der Waals surface area contributed by atoms with Crippen molar-refractivity contribution in [2.24, 2.45) is 0 Å². The molecule has 114 valence electrons. The van der Waals surface area contributed by atoms with Gasteiger partial charge in [-0.2, -0.15) is 0 Å². The van der Waals surface area contributed by atoms with Gasteiger partial charge in [-0.15, -0.1) is 0 Å². The Morgan fingerprint density at radius 1 is 1.24 bits per heavy atom. The maximum Gasteiger partial charge on any atom is 0.219 e. The minimum absolute atomic E-state index is 0.156. The molecule has 2 heterocycles. The lowest BCUT2D eigenvalue weighted by molar-refractivity contribution is -0.160. The van der Waals surface area contributed by atoms with Crippen LogP contribution in [-0.4, -0.2) is 54.1 Å². The Hall–Kier alpha value is -1.39. The van der Waals surface area contributed by atoms with E-state index in [-0.39, 0.29) is 11.5 Å². The second-order valence-electron chi connectivity index (χ2n) is 6.27. The van der Waals surface area contributed by atoms with E-state index in [9.17, 15) is 4.79 Å². The average Bonchev–Trinajstić information content (AvgIpc) is 2.48. The molecule has 3 rings (SSSR count). The fourth-order valence-electron chi connectivity index (χ4n) is 3.53. The number of morpholine rings is 1. The standard InChI is InChI=1S/C17H24N2O2/c1-15(20)19-10-11-21-17(14-19)8-5-9-18(13-17)12-16-6-3-2-4-7-16/h2-4,6-7H,5,8-14H2,1H3. The van der Waals surface area contributed by atoms with Crippen LogP contribution < -0.4 is 0 Å². The van der Waals surface area contributed by atoms with Crippen molar-refractivity contribution >= 4 is 5.91 Å². The lowest BCUT2D eigenvalue weighted by Crippen LogP contribution is -2.60. The summed E-state index contributed by atoms with van der Waals surface area (Å²) in [5, 5.41) is 0. The first-order valence-electron chi connectivity index (χ1n) is 7.83. The van der Waals surface area contributed by atoms with Crippen LogP contribution in [-0.2, 0) is 16.1 Å². The van der Waals surface area contributed by atoms with Crippen LogP contribution in [0, 0.1) is 0 Å². The third kappa shape index (κ3) is 3.44. The molecule has 1 atom stereocenters. The number of rotatable bonds is 2. The van der Waals surface area contributed by atoms with Crippen LogP contribution >= 0.6 is 0 Å². The number of nitrogens with zero attached hydrogens (tertiary/aromatic N) is 2. The second kappa shape index (κ2) is 6.16. The lowest BCUT2D eigenvalue weighted by atomic mass is 9.90. The molecule has 0 saturated carbocycles. The number of carbonyl (C=O) groups is 1. The van der Waals surface area contributed by atoms with Gasteiger partial charge < -0.3 is 9.64 Å². The lowest BCUT2D eigenvalue weighted by Gasteiger charge is -2.48. The van der Waals surface area contributed by atoms with E-state index < -0.39 is 0 Å². The van der Waals surface area contributed by atoms with E-state index >= 15 is 0 Å². The van der Waals surface area contributed by atoms with Gasteiger partial charge in [-0.05, 0) is 24.9 Å². The number of ether oxygens (including phenoxy) is 1. The summed E-state index contributed by atoms with van der Waals surface area (Å²) in [6.07, 6.45) is 2.20. The molecule has 0 aliphatic carbocycles. The smallest absolute Gasteiger partial charge is 0.219 e. The zero-order valence-corrected chi connectivity index (χ0v) is 12.8. The van der Waals surface area contributed by atoms with E-state index in [2.05, 4.69) is 35.2 Å². The Labute approximate surface area is 126 Å². The van der Waals surface area contributed by atoms with Crippen LogP contribution in [0.1, 0.15) is 25.3 Å². The van der Waals surface area contributed by atoms with Gasteiger partial charge in [-0.25, -0.2) is 0 Å². The van der Waals surface area contributed by atoms with Crippen molar-refractivity contribution in [1.29, 1.82) is 0 Å². The largest absolute Gasteiger partial charge is 0.370 e. The average molecular weight is 288 g/mol. The molecule has 2 saturated heterocycles. The molecule has 1 unspecified atom stereocenters. The van der Waals surface area contributed by atoms with Gasteiger partial charge in [0.25, 0.3) is 0 Å². The van der Waals surface area contributed by atoms with Gasteiger partial charge in [0.05, 0.1) is 18.8 Å². The zero-order chi connectivity index (χ0) is 14.7. The number of hydrogen-bond acceptors (Lipinski definition) is 3. The molecule has 2 aliphatic heterocycles. The monoisotopic (exact) mass is 288 g/mol. The van der Waals surface area contributed by atoms with E-state index in [1.807, 2.05) is 4.90 Å². The van der Waals surface area contributed by atoms with Crippen LogP contribution in [0.15, 0.2) is 30.3 Å². The number of benzene rings is 1. The van der Waals surface area contributed by atoms with Crippen molar-refractivity contribution in [3.8, 4) is 0 Å². The fraction of sp³-hybridized carbons (Fsp3) is 0.588. The van der Waals surface area contributed by atoms with E-state index in [1.165, 1.54) is 5.56 Å². The van der Waals surface area contributed by atoms with Gasteiger partial charge in [0, 0.05) is 26.6 Å². The molecule has 0 N–H and O–H groups in total. The first kappa shape index (κ1) is 14.5. The summed E-state index contributed by atoms with van der Waals surface area (Å²) in [5.41, 5.74) is 1.19. The van der Waals surface area contributed by atoms with Gasteiger partial charge >= 0.3 is 0 Å². The highest BCUT2D eigenvalue weighted by molar-refractivity contribution is 5.73. The molecular weight excluding hydrogens is 264 g/mol. The normalized spacial score (nSPS) is 27.0. The summed E-state index contributed by atoms with van der Waals surface area (Å²) in [6, 6.07) is 10.6. The second-order valence-corrected chi connectivity index (χ2v) is 6.27. The van der Waals surface area contributed by atoms with Crippen molar-refractivity contribution in [2.45, 2.75) is 31.9 Å². The van der Waals surface area contributed by atoms with E-state index in [1.54, 1.807) is 6.92 Å². The van der Waals surface area contributed by atoms with Crippen LogP contribution in [0.25, 0.3) is 0 Å². The topological polar surface area (TPSA) is 32.8 Å². The molecule has 1 aromatic carbocycles. The molecule has 2 aliphatic rings. The molecule has 4 nitrogen and oxygen atoms in total. The Morgan fingerprint density at radius 3 is 2.81 bits per heavy atom. The molecular formula is C17H24N2O2. The fourth-order valence-corrected chi connectivity index (χ4v) is 3.53. The Balaban J connectivity index is 1.66. The van der Waals surface area contributed by atoms with Crippen molar-refractivity contribution in [3.05, 3.63) is 35.9 Å². The molecule has 1 aromatic rings. The highest BCUT2D eigenvalue weighted by atomic mass is 16.5. The van der Waals surface area contributed by atoms with Gasteiger partial charge in [-0.1, -0.05) is 30.3 Å². The minimum atomic E-state index is -0.156. The molecule has 0 radical (unpaired) electrons. The van der Waals surface area contributed by atoms with Gasteiger partial charge in [0.2, 0.25) is 5.91 Å². The highest BCUT2D eigenvalue weighted by Crippen LogP contribution is 2.29. The number of hydrogen-bond donors (Lipinski definition) is 0. The van der Waals surface area contributed by atoms with Crippen LogP contribution in [0.2, 0.25) is 0 Å². The van der Waals surface area contributed by atoms with E-state index in [0.29, 0.717) is 6.61 Å². The quantitative estimate of drug-likeness (QED) is 0.833. The summed E-state index contributed by atoms with van der Waals surface area (Å²) in [5.74, 6) is 0.165. The Bertz CT molecular complexity index is 487. The maximum atomic E-state index is 11.7.